The van der Waals surface area contributed by atoms with Gasteiger partial charge in [-0.2, -0.15) is 8.42 Å². The van der Waals surface area contributed by atoms with Crippen LogP contribution in [0.15, 0.2) is 88.1 Å². The van der Waals surface area contributed by atoms with Crippen molar-refractivity contribution in [3.05, 3.63) is 72.9 Å². The second-order valence-corrected chi connectivity index (χ2v) is 7.84. The molecule has 0 unspecified atom stereocenters. The molecular formula is C21H17N4NaO4S. The number of azo groups is 1. The Hall–Kier alpha value is -2.82. The molecule has 8 nitrogen and oxygen atoms in total. The van der Waals surface area contributed by atoms with E-state index in [1.807, 2.05) is 0 Å². The molecule has 0 fully saturated rings. The standard InChI is InChI=1S/C21H16N4O4S.Na.H/c22-21-15-6-2-1-5-14(15)20(30(27,28)29)11-18(21)25-24-13-9-10-17(23-12-13)16-7-3-4-8-19(16)26;;/h1-12,26H,22H2,(H,27,28,29);;. The third-order valence-corrected chi connectivity index (χ3v) is 5.40. The zero-order chi connectivity index (χ0) is 21.3. The molecule has 0 bridgehead atoms. The second-order valence-electron chi connectivity index (χ2n) is 6.45. The summed E-state index contributed by atoms with van der Waals surface area (Å²) in [6.45, 7) is 0. The van der Waals surface area contributed by atoms with Crippen molar-refractivity contribution in [2.24, 2.45) is 10.2 Å². The average Bonchev–Trinajstić information content (AvgIpc) is 2.73. The fraction of sp³-hybridized carbons (Fsp3) is 0. The van der Waals surface area contributed by atoms with Crippen LogP contribution < -0.4 is 5.73 Å². The van der Waals surface area contributed by atoms with E-state index in [4.69, 9.17) is 5.73 Å². The van der Waals surface area contributed by atoms with Crippen molar-refractivity contribution in [1.29, 1.82) is 0 Å². The number of nitrogens with two attached hydrogens (primary N) is 1. The Morgan fingerprint density at radius 1 is 0.903 bits per heavy atom. The van der Waals surface area contributed by atoms with Crippen LogP contribution in [0.2, 0.25) is 0 Å². The van der Waals surface area contributed by atoms with Crippen molar-refractivity contribution in [1.82, 2.24) is 4.98 Å². The molecule has 0 aliphatic carbocycles. The maximum atomic E-state index is 11.8. The Morgan fingerprint density at radius 3 is 2.23 bits per heavy atom. The van der Waals surface area contributed by atoms with E-state index in [-0.39, 0.29) is 51.6 Å². The summed E-state index contributed by atoms with van der Waals surface area (Å²) in [5.74, 6) is 0.112. The van der Waals surface area contributed by atoms with E-state index in [2.05, 4.69) is 15.2 Å². The van der Waals surface area contributed by atoms with Crippen LogP contribution in [0, 0.1) is 0 Å². The quantitative estimate of drug-likeness (QED) is 0.187. The number of para-hydroxylation sites is 1. The van der Waals surface area contributed by atoms with Crippen LogP contribution in [-0.2, 0) is 10.1 Å². The number of phenolic OH excluding ortho intramolecular Hbond substituents is 1. The number of hydrogen-bond acceptors (Lipinski definition) is 7. The summed E-state index contributed by atoms with van der Waals surface area (Å²) < 4.78 is 33.2. The van der Waals surface area contributed by atoms with Gasteiger partial charge in [-0.15, -0.1) is 10.2 Å². The van der Waals surface area contributed by atoms with Crippen molar-refractivity contribution < 1.29 is 18.1 Å². The summed E-state index contributed by atoms with van der Waals surface area (Å²) in [6, 6.07) is 17.9. The third kappa shape index (κ3) is 4.76. The number of pyridine rings is 1. The number of hydrogen-bond donors (Lipinski definition) is 3. The Kier molecular flexibility index (Phi) is 6.73. The molecule has 152 valence electrons. The molecule has 10 heteroatoms. The minimum atomic E-state index is -4.49. The van der Waals surface area contributed by atoms with Crippen molar-refractivity contribution in [3.63, 3.8) is 0 Å². The van der Waals surface area contributed by atoms with Gasteiger partial charge in [-0.25, -0.2) is 0 Å². The van der Waals surface area contributed by atoms with Gasteiger partial charge in [0.1, 0.15) is 22.0 Å². The summed E-state index contributed by atoms with van der Waals surface area (Å²) >= 11 is 0. The van der Waals surface area contributed by atoms with Gasteiger partial charge in [-0.1, -0.05) is 36.4 Å². The summed E-state index contributed by atoms with van der Waals surface area (Å²) in [5.41, 5.74) is 8.02. The third-order valence-electron chi connectivity index (χ3n) is 4.51. The van der Waals surface area contributed by atoms with Gasteiger partial charge in [0.05, 0.1) is 17.6 Å². The van der Waals surface area contributed by atoms with Crippen LogP contribution >= 0.6 is 0 Å². The van der Waals surface area contributed by atoms with Crippen LogP contribution in [0.4, 0.5) is 17.1 Å². The second kappa shape index (κ2) is 9.13. The number of phenols is 1. The molecule has 0 radical (unpaired) electrons. The zero-order valence-corrected chi connectivity index (χ0v) is 16.3. The van der Waals surface area contributed by atoms with E-state index >= 15 is 0 Å². The topological polar surface area (TPSA) is 138 Å². The van der Waals surface area contributed by atoms with Crippen LogP contribution in [0.1, 0.15) is 0 Å². The SMILES string of the molecule is Nc1c(N=Nc2ccc(-c3ccccc3O)nc2)cc(S(=O)(=O)O)c2ccccc12.[NaH]. The Balaban J connectivity index is 0.00000272. The number of benzene rings is 3. The predicted molar refractivity (Wildman–Crippen MR) is 121 cm³/mol. The number of nitrogen functional groups attached to an aromatic ring is 1. The van der Waals surface area contributed by atoms with Gasteiger partial charge in [0, 0.05) is 16.3 Å². The number of aromatic nitrogens is 1. The number of nitrogens with zero attached hydrogens (tertiary/aromatic N) is 3. The molecule has 0 aliphatic heterocycles. The van der Waals surface area contributed by atoms with Gasteiger partial charge in [0.2, 0.25) is 0 Å². The summed E-state index contributed by atoms with van der Waals surface area (Å²) in [7, 11) is -4.49. The summed E-state index contributed by atoms with van der Waals surface area (Å²) in [4.78, 5) is 3.97. The molecule has 0 amide bonds. The zero-order valence-electron chi connectivity index (χ0n) is 15.5. The first-order valence-corrected chi connectivity index (χ1v) is 10.2. The van der Waals surface area contributed by atoms with E-state index in [9.17, 15) is 18.1 Å². The number of rotatable bonds is 4. The van der Waals surface area contributed by atoms with Crippen LogP contribution in [0.5, 0.6) is 5.75 Å². The molecule has 0 spiro atoms. The van der Waals surface area contributed by atoms with Gasteiger partial charge < -0.3 is 10.8 Å². The molecule has 0 saturated heterocycles. The van der Waals surface area contributed by atoms with Crippen molar-refractivity contribution in [2.45, 2.75) is 4.90 Å². The molecule has 1 aromatic heterocycles. The number of fused-ring (bicyclic) bond motifs is 1. The molecule has 0 aliphatic rings. The fourth-order valence-electron chi connectivity index (χ4n) is 3.05. The fourth-order valence-corrected chi connectivity index (χ4v) is 3.77. The van der Waals surface area contributed by atoms with Crippen molar-refractivity contribution in [3.8, 4) is 17.0 Å². The monoisotopic (exact) mass is 444 g/mol. The molecule has 0 atom stereocenters. The van der Waals surface area contributed by atoms with Crippen LogP contribution in [0.3, 0.4) is 0 Å². The van der Waals surface area contributed by atoms with Gasteiger partial charge >= 0.3 is 29.6 Å². The van der Waals surface area contributed by atoms with Gasteiger partial charge in [0.15, 0.2) is 0 Å². The maximum absolute atomic E-state index is 11.8. The minimum absolute atomic E-state index is 0. The molecule has 1 heterocycles. The molecule has 31 heavy (non-hydrogen) atoms. The van der Waals surface area contributed by atoms with E-state index < -0.39 is 10.1 Å². The Labute approximate surface area is 200 Å². The van der Waals surface area contributed by atoms with Gasteiger partial charge in [-0.05, 0) is 30.3 Å². The van der Waals surface area contributed by atoms with E-state index in [1.165, 1.54) is 12.3 Å². The molecule has 0 saturated carbocycles. The van der Waals surface area contributed by atoms with Gasteiger partial charge in [0.25, 0.3) is 10.1 Å². The van der Waals surface area contributed by atoms with Crippen molar-refractivity contribution >= 4 is 67.5 Å². The molecule has 4 aromatic rings. The summed E-state index contributed by atoms with van der Waals surface area (Å²) in [6.07, 6.45) is 1.46. The Bertz CT molecular complexity index is 1390. The van der Waals surface area contributed by atoms with Crippen LogP contribution in [-0.4, -0.2) is 52.6 Å². The first kappa shape index (κ1) is 22.9. The van der Waals surface area contributed by atoms with Gasteiger partial charge in [-0.3, -0.25) is 9.54 Å². The molecule has 4 N–H and O–H groups in total. The Morgan fingerprint density at radius 2 is 1.58 bits per heavy atom. The van der Waals surface area contributed by atoms with Crippen LogP contribution in [0.25, 0.3) is 22.0 Å². The van der Waals surface area contributed by atoms with E-state index in [0.717, 1.165) is 0 Å². The number of anilines is 1. The first-order chi connectivity index (χ1) is 14.3. The summed E-state index contributed by atoms with van der Waals surface area (Å²) in [5, 5.41) is 18.8. The number of aromatic hydroxyl groups is 1. The average molecular weight is 444 g/mol. The predicted octanol–water partition coefficient (Wildman–Crippen LogP) is 4.20. The van der Waals surface area contributed by atoms with E-state index in [1.54, 1.807) is 60.7 Å². The molecule has 3 aromatic carbocycles. The molecular weight excluding hydrogens is 427 g/mol. The van der Waals surface area contributed by atoms with E-state index in [0.29, 0.717) is 27.7 Å². The van der Waals surface area contributed by atoms with Crippen molar-refractivity contribution in [2.75, 3.05) is 5.73 Å². The normalized spacial score (nSPS) is 11.5. The molecule has 4 rings (SSSR count). The first-order valence-electron chi connectivity index (χ1n) is 8.79.